The van der Waals surface area contributed by atoms with E-state index in [2.05, 4.69) is 10.3 Å². The standard InChI is InChI=1S/C12H20N2O3/c1-9(15-2)7-13-8-10-12(17-4)11(16-3)5-6-14-10/h5-6,9,13H,7-8H2,1-4H3. The minimum atomic E-state index is 0.173. The number of nitrogens with zero attached hydrogens (tertiary/aromatic N) is 1. The predicted octanol–water partition coefficient (Wildman–Crippen LogP) is 1.22. The zero-order chi connectivity index (χ0) is 12.7. The summed E-state index contributed by atoms with van der Waals surface area (Å²) in [7, 11) is 4.92. The molecule has 1 heterocycles. The Morgan fingerprint density at radius 3 is 2.65 bits per heavy atom. The molecule has 1 rings (SSSR count). The highest BCUT2D eigenvalue weighted by molar-refractivity contribution is 5.42. The maximum absolute atomic E-state index is 5.29. The second-order valence-corrected chi connectivity index (χ2v) is 3.67. The first-order valence-electron chi connectivity index (χ1n) is 5.52. The minimum absolute atomic E-state index is 0.173. The minimum Gasteiger partial charge on any atom is -0.493 e. The fourth-order valence-electron chi connectivity index (χ4n) is 1.45. The third-order valence-electron chi connectivity index (χ3n) is 2.49. The van der Waals surface area contributed by atoms with Gasteiger partial charge in [-0.1, -0.05) is 0 Å². The van der Waals surface area contributed by atoms with Crippen molar-refractivity contribution in [2.45, 2.75) is 19.6 Å². The molecular weight excluding hydrogens is 220 g/mol. The van der Waals surface area contributed by atoms with Gasteiger partial charge in [0.1, 0.15) is 0 Å². The van der Waals surface area contributed by atoms with Gasteiger partial charge in [-0.2, -0.15) is 0 Å². The number of ether oxygens (including phenoxy) is 3. The summed E-state index contributed by atoms with van der Waals surface area (Å²) >= 11 is 0. The van der Waals surface area contributed by atoms with Crippen LogP contribution in [0.1, 0.15) is 12.6 Å². The van der Waals surface area contributed by atoms with E-state index >= 15 is 0 Å². The van der Waals surface area contributed by atoms with Crippen molar-refractivity contribution >= 4 is 0 Å². The van der Waals surface area contributed by atoms with E-state index in [1.54, 1.807) is 33.6 Å². The van der Waals surface area contributed by atoms with Gasteiger partial charge >= 0.3 is 0 Å². The molecule has 5 heteroatoms. The summed E-state index contributed by atoms with van der Waals surface area (Å²) in [5.41, 5.74) is 0.829. The Kier molecular flexibility index (Phi) is 5.72. The number of aromatic nitrogens is 1. The van der Waals surface area contributed by atoms with Crippen molar-refractivity contribution in [2.75, 3.05) is 27.9 Å². The van der Waals surface area contributed by atoms with E-state index in [9.17, 15) is 0 Å². The second kappa shape index (κ2) is 7.09. The first-order valence-corrected chi connectivity index (χ1v) is 5.52. The van der Waals surface area contributed by atoms with Crippen LogP contribution in [0.5, 0.6) is 11.5 Å². The van der Waals surface area contributed by atoms with Gasteiger partial charge in [0.2, 0.25) is 0 Å². The molecule has 0 fully saturated rings. The van der Waals surface area contributed by atoms with Gasteiger partial charge in [-0.05, 0) is 6.92 Å². The molecule has 0 bridgehead atoms. The van der Waals surface area contributed by atoms with Crippen molar-refractivity contribution < 1.29 is 14.2 Å². The lowest BCUT2D eigenvalue weighted by Gasteiger charge is -2.13. The van der Waals surface area contributed by atoms with E-state index in [0.717, 1.165) is 12.2 Å². The Morgan fingerprint density at radius 1 is 1.29 bits per heavy atom. The lowest BCUT2D eigenvalue weighted by molar-refractivity contribution is 0.117. The molecule has 1 aromatic rings. The van der Waals surface area contributed by atoms with Crippen molar-refractivity contribution in [3.63, 3.8) is 0 Å². The molecule has 0 aliphatic rings. The quantitative estimate of drug-likeness (QED) is 0.776. The monoisotopic (exact) mass is 240 g/mol. The number of rotatable bonds is 7. The van der Waals surface area contributed by atoms with Crippen LogP contribution in [0.4, 0.5) is 0 Å². The molecule has 0 amide bonds. The van der Waals surface area contributed by atoms with E-state index in [0.29, 0.717) is 18.0 Å². The zero-order valence-electron chi connectivity index (χ0n) is 10.8. The number of hydrogen-bond donors (Lipinski definition) is 1. The Morgan fingerprint density at radius 2 is 2.06 bits per heavy atom. The summed E-state index contributed by atoms with van der Waals surface area (Å²) in [6.07, 6.45) is 1.88. The molecule has 17 heavy (non-hydrogen) atoms. The molecular formula is C12H20N2O3. The van der Waals surface area contributed by atoms with Gasteiger partial charge < -0.3 is 19.5 Å². The lowest BCUT2D eigenvalue weighted by Crippen LogP contribution is -2.26. The molecule has 1 atom stereocenters. The maximum Gasteiger partial charge on any atom is 0.183 e. The van der Waals surface area contributed by atoms with Crippen LogP contribution < -0.4 is 14.8 Å². The average Bonchev–Trinajstić information content (AvgIpc) is 2.37. The largest absolute Gasteiger partial charge is 0.493 e. The summed E-state index contributed by atoms with van der Waals surface area (Å²) in [6.45, 7) is 3.38. The summed E-state index contributed by atoms with van der Waals surface area (Å²) in [4.78, 5) is 4.27. The summed E-state index contributed by atoms with van der Waals surface area (Å²) in [5, 5.41) is 3.26. The molecule has 0 aliphatic heterocycles. The van der Waals surface area contributed by atoms with Gasteiger partial charge in [0, 0.05) is 32.5 Å². The summed E-state index contributed by atoms with van der Waals surface area (Å²) in [5.74, 6) is 1.37. The maximum atomic E-state index is 5.29. The smallest absolute Gasteiger partial charge is 0.183 e. The summed E-state index contributed by atoms with van der Waals surface area (Å²) < 4.78 is 15.7. The van der Waals surface area contributed by atoms with Gasteiger partial charge in [-0.15, -0.1) is 0 Å². The van der Waals surface area contributed by atoms with Gasteiger partial charge in [-0.25, -0.2) is 0 Å². The topological polar surface area (TPSA) is 52.6 Å². The Hall–Kier alpha value is -1.33. The normalized spacial score (nSPS) is 12.2. The highest BCUT2D eigenvalue weighted by atomic mass is 16.5. The van der Waals surface area contributed by atoms with Crippen LogP contribution >= 0.6 is 0 Å². The van der Waals surface area contributed by atoms with Crippen molar-refractivity contribution in [1.29, 1.82) is 0 Å². The van der Waals surface area contributed by atoms with Crippen molar-refractivity contribution in [3.8, 4) is 11.5 Å². The Bertz CT molecular complexity index is 345. The predicted molar refractivity (Wildman–Crippen MR) is 65.5 cm³/mol. The van der Waals surface area contributed by atoms with Gasteiger partial charge in [0.05, 0.1) is 26.0 Å². The van der Waals surface area contributed by atoms with Crippen molar-refractivity contribution in [2.24, 2.45) is 0 Å². The van der Waals surface area contributed by atoms with E-state index in [-0.39, 0.29) is 6.10 Å². The molecule has 96 valence electrons. The first-order chi connectivity index (χ1) is 8.22. The van der Waals surface area contributed by atoms with E-state index in [1.165, 1.54) is 0 Å². The third kappa shape index (κ3) is 3.87. The average molecular weight is 240 g/mol. The van der Waals surface area contributed by atoms with E-state index in [4.69, 9.17) is 14.2 Å². The fourth-order valence-corrected chi connectivity index (χ4v) is 1.45. The van der Waals surface area contributed by atoms with Crippen LogP contribution in [0.25, 0.3) is 0 Å². The highest BCUT2D eigenvalue weighted by Crippen LogP contribution is 2.28. The van der Waals surface area contributed by atoms with Crippen LogP contribution in [0.15, 0.2) is 12.3 Å². The lowest BCUT2D eigenvalue weighted by atomic mass is 10.3. The number of methoxy groups -OCH3 is 3. The summed E-state index contributed by atoms with van der Waals surface area (Å²) in [6, 6.07) is 1.78. The van der Waals surface area contributed by atoms with E-state index in [1.807, 2.05) is 6.92 Å². The molecule has 0 aromatic carbocycles. The molecule has 0 spiro atoms. The molecule has 0 aliphatic carbocycles. The fraction of sp³-hybridized carbons (Fsp3) is 0.583. The van der Waals surface area contributed by atoms with Crippen LogP contribution in [-0.4, -0.2) is 39.0 Å². The van der Waals surface area contributed by atoms with Crippen molar-refractivity contribution in [3.05, 3.63) is 18.0 Å². The number of hydrogen-bond acceptors (Lipinski definition) is 5. The number of nitrogens with one attached hydrogen (secondary N) is 1. The van der Waals surface area contributed by atoms with Crippen LogP contribution in [0.2, 0.25) is 0 Å². The second-order valence-electron chi connectivity index (χ2n) is 3.67. The van der Waals surface area contributed by atoms with Crippen LogP contribution in [0.3, 0.4) is 0 Å². The molecule has 5 nitrogen and oxygen atoms in total. The Balaban J connectivity index is 2.64. The molecule has 0 radical (unpaired) electrons. The molecule has 1 N–H and O–H groups in total. The zero-order valence-corrected chi connectivity index (χ0v) is 10.8. The van der Waals surface area contributed by atoms with Crippen LogP contribution in [0, 0.1) is 0 Å². The third-order valence-corrected chi connectivity index (χ3v) is 2.49. The molecule has 1 unspecified atom stereocenters. The molecule has 0 saturated carbocycles. The highest BCUT2D eigenvalue weighted by Gasteiger charge is 2.10. The SMILES string of the molecule is COc1ccnc(CNCC(C)OC)c1OC. The van der Waals surface area contributed by atoms with Gasteiger partial charge in [0.25, 0.3) is 0 Å². The molecule has 0 saturated heterocycles. The van der Waals surface area contributed by atoms with Gasteiger partial charge in [-0.3, -0.25) is 4.98 Å². The van der Waals surface area contributed by atoms with Crippen molar-refractivity contribution in [1.82, 2.24) is 10.3 Å². The number of pyridine rings is 1. The van der Waals surface area contributed by atoms with Gasteiger partial charge in [0.15, 0.2) is 11.5 Å². The molecule has 1 aromatic heterocycles. The first kappa shape index (κ1) is 13.7. The van der Waals surface area contributed by atoms with E-state index < -0.39 is 0 Å². The van der Waals surface area contributed by atoms with Crippen LogP contribution in [-0.2, 0) is 11.3 Å². The Labute approximate surface area is 102 Å².